The number of nitrogens with zero attached hydrogens (tertiary/aromatic N) is 5. The molecular weight excluding hydrogens is 218 g/mol. The van der Waals surface area contributed by atoms with Gasteiger partial charge in [-0.05, 0) is 24.3 Å². The van der Waals surface area contributed by atoms with Crippen LogP contribution in [0.1, 0.15) is 5.69 Å². The normalized spacial score (nSPS) is 10.5. The van der Waals surface area contributed by atoms with Crippen LogP contribution in [0.15, 0.2) is 24.3 Å². The van der Waals surface area contributed by atoms with Crippen LogP contribution in [0.5, 0.6) is 5.75 Å². The van der Waals surface area contributed by atoms with Crippen LogP contribution in [0.4, 0.5) is 0 Å². The molecule has 0 atom stereocenters. The van der Waals surface area contributed by atoms with Crippen LogP contribution < -0.4 is 0 Å². The first-order valence-electron chi connectivity index (χ1n) is 4.81. The van der Waals surface area contributed by atoms with E-state index >= 15 is 0 Å². The molecule has 80 valence electrons. The number of benzene rings is 1. The third-order valence-corrected chi connectivity index (χ3v) is 2.41. The molecule has 1 N–H and O–H groups in total. The van der Waals surface area contributed by atoms with Crippen LogP contribution in [-0.4, -0.2) is 25.5 Å². The Morgan fingerprint density at radius 2 is 1.82 bits per heavy atom. The van der Waals surface area contributed by atoms with Crippen molar-refractivity contribution in [2.24, 2.45) is 0 Å². The largest absolute Gasteiger partial charge is 0.508 e. The molecule has 0 aliphatic heterocycles. The van der Waals surface area contributed by atoms with Gasteiger partial charge in [-0.25, -0.2) is 0 Å². The lowest BCUT2D eigenvalue weighted by Gasteiger charge is -2.01. The standard InChI is InChI=1S/C11H5N5O/c12-5-6-3-9-8-4-7(17)1-2-10(8)14-16-11(9)15-13-6/h1-4,17H. The summed E-state index contributed by atoms with van der Waals surface area (Å²) >= 11 is 0. The van der Waals surface area contributed by atoms with E-state index in [0.717, 1.165) is 0 Å². The van der Waals surface area contributed by atoms with Crippen molar-refractivity contribution in [3.8, 4) is 11.8 Å². The number of aromatic nitrogens is 4. The highest BCUT2D eigenvalue weighted by Gasteiger charge is 2.07. The zero-order valence-electron chi connectivity index (χ0n) is 8.49. The first-order valence-corrected chi connectivity index (χ1v) is 4.81. The average molecular weight is 223 g/mol. The van der Waals surface area contributed by atoms with Crippen LogP contribution in [0, 0.1) is 11.3 Å². The van der Waals surface area contributed by atoms with E-state index in [-0.39, 0.29) is 11.4 Å². The number of fused-ring (bicyclic) bond motifs is 3. The zero-order chi connectivity index (χ0) is 11.8. The molecule has 0 spiro atoms. The molecule has 3 aromatic rings. The van der Waals surface area contributed by atoms with Gasteiger partial charge in [0.1, 0.15) is 11.8 Å². The smallest absolute Gasteiger partial charge is 0.204 e. The van der Waals surface area contributed by atoms with Crippen molar-refractivity contribution >= 4 is 21.9 Å². The Kier molecular flexibility index (Phi) is 1.86. The first kappa shape index (κ1) is 9.42. The maximum Gasteiger partial charge on any atom is 0.204 e. The van der Waals surface area contributed by atoms with Gasteiger partial charge in [-0.2, -0.15) is 5.26 Å². The Bertz CT molecular complexity index is 778. The van der Waals surface area contributed by atoms with E-state index in [1.807, 2.05) is 6.07 Å². The van der Waals surface area contributed by atoms with E-state index in [1.54, 1.807) is 18.2 Å². The highest BCUT2D eigenvalue weighted by Crippen LogP contribution is 2.24. The van der Waals surface area contributed by atoms with Gasteiger partial charge in [0.15, 0.2) is 5.69 Å². The Balaban J connectivity index is 2.52. The topological polar surface area (TPSA) is 95.6 Å². The van der Waals surface area contributed by atoms with Crippen LogP contribution in [-0.2, 0) is 0 Å². The van der Waals surface area contributed by atoms with Crippen molar-refractivity contribution in [2.45, 2.75) is 0 Å². The average Bonchev–Trinajstić information content (AvgIpc) is 2.38. The number of aromatic hydroxyl groups is 1. The summed E-state index contributed by atoms with van der Waals surface area (Å²) in [5.74, 6) is 0.127. The summed E-state index contributed by atoms with van der Waals surface area (Å²) in [4.78, 5) is 0. The summed E-state index contributed by atoms with van der Waals surface area (Å²) in [5, 5.41) is 34.9. The molecule has 3 rings (SSSR count). The third-order valence-electron chi connectivity index (χ3n) is 2.41. The van der Waals surface area contributed by atoms with Gasteiger partial charge in [-0.3, -0.25) is 0 Å². The lowest BCUT2D eigenvalue weighted by molar-refractivity contribution is 0.476. The fourth-order valence-electron chi connectivity index (χ4n) is 1.64. The van der Waals surface area contributed by atoms with Crippen molar-refractivity contribution in [3.05, 3.63) is 30.0 Å². The van der Waals surface area contributed by atoms with Gasteiger partial charge in [0.2, 0.25) is 5.65 Å². The summed E-state index contributed by atoms with van der Waals surface area (Å²) in [6, 6.07) is 8.25. The quantitative estimate of drug-likeness (QED) is 0.574. The SMILES string of the molecule is N#Cc1cc2c(nn1)nnc1ccc(O)cc12. The number of hydrogen-bond donors (Lipinski definition) is 1. The zero-order valence-corrected chi connectivity index (χ0v) is 8.49. The molecule has 0 unspecified atom stereocenters. The van der Waals surface area contributed by atoms with Gasteiger partial charge in [0, 0.05) is 10.8 Å². The molecule has 2 aromatic heterocycles. The Morgan fingerprint density at radius 1 is 1.00 bits per heavy atom. The van der Waals surface area contributed by atoms with Gasteiger partial charge in [-0.1, -0.05) is 0 Å². The highest BCUT2D eigenvalue weighted by molar-refractivity contribution is 6.02. The van der Waals surface area contributed by atoms with Gasteiger partial charge in [0.25, 0.3) is 0 Å². The molecule has 0 saturated carbocycles. The molecule has 0 radical (unpaired) electrons. The van der Waals surface area contributed by atoms with Crippen molar-refractivity contribution in [1.82, 2.24) is 20.4 Å². The Hall–Kier alpha value is -2.81. The summed E-state index contributed by atoms with van der Waals surface area (Å²) in [6.45, 7) is 0. The van der Waals surface area contributed by atoms with Gasteiger partial charge < -0.3 is 5.11 Å². The fraction of sp³-hybridized carbons (Fsp3) is 0. The fourth-order valence-corrected chi connectivity index (χ4v) is 1.64. The number of hydrogen-bond acceptors (Lipinski definition) is 6. The molecule has 0 bridgehead atoms. The third kappa shape index (κ3) is 1.41. The van der Waals surface area contributed by atoms with Gasteiger partial charge in [-0.15, -0.1) is 20.4 Å². The number of nitriles is 1. The highest BCUT2D eigenvalue weighted by atomic mass is 16.3. The molecule has 0 saturated heterocycles. The predicted molar refractivity (Wildman–Crippen MR) is 59.0 cm³/mol. The maximum atomic E-state index is 9.47. The summed E-state index contributed by atoms with van der Waals surface area (Å²) < 4.78 is 0. The van der Waals surface area contributed by atoms with Crippen LogP contribution in [0.25, 0.3) is 21.9 Å². The second kappa shape index (κ2) is 3.35. The van der Waals surface area contributed by atoms with Crippen molar-refractivity contribution in [3.63, 3.8) is 0 Å². The van der Waals surface area contributed by atoms with E-state index < -0.39 is 0 Å². The van der Waals surface area contributed by atoms with Crippen LogP contribution in [0.3, 0.4) is 0 Å². The van der Waals surface area contributed by atoms with E-state index in [1.165, 1.54) is 6.07 Å². The Labute approximate surface area is 95.2 Å². The molecular formula is C11H5N5O. The molecule has 0 fully saturated rings. The first-order chi connectivity index (χ1) is 8.28. The van der Waals surface area contributed by atoms with Crippen LogP contribution in [0.2, 0.25) is 0 Å². The molecule has 0 aliphatic rings. The minimum Gasteiger partial charge on any atom is -0.508 e. The van der Waals surface area contributed by atoms with Crippen molar-refractivity contribution in [2.75, 3.05) is 0 Å². The predicted octanol–water partition coefficient (Wildman–Crippen LogP) is 1.15. The van der Waals surface area contributed by atoms with Crippen molar-refractivity contribution < 1.29 is 5.11 Å². The van der Waals surface area contributed by atoms with Gasteiger partial charge >= 0.3 is 0 Å². The maximum absolute atomic E-state index is 9.47. The minimum atomic E-state index is 0.127. The molecule has 6 heteroatoms. The number of phenols is 1. The minimum absolute atomic E-state index is 0.127. The van der Waals surface area contributed by atoms with E-state index in [4.69, 9.17) is 5.26 Å². The summed E-state index contributed by atoms with van der Waals surface area (Å²) in [6.07, 6.45) is 0. The summed E-state index contributed by atoms with van der Waals surface area (Å²) in [5.41, 5.74) is 1.18. The molecule has 6 nitrogen and oxygen atoms in total. The second-order valence-electron chi connectivity index (χ2n) is 3.48. The molecule has 0 amide bonds. The lowest BCUT2D eigenvalue weighted by Crippen LogP contribution is -1.94. The molecule has 1 aromatic carbocycles. The van der Waals surface area contributed by atoms with E-state index in [2.05, 4.69) is 20.4 Å². The molecule has 2 heterocycles. The molecule has 17 heavy (non-hydrogen) atoms. The Morgan fingerprint density at radius 3 is 2.65 bits per heavy atom. The van der Waals surface area contributed by atoms with Crippen molar-refractivity contribution in [1.29, 1.82) is 5.26 Å². The number of rotatable bonds is 0. The van der Waals surface area contributed by atoms with E-state index in [9.17, 15) is 5.11 Å². The van der Waals surface area contributed by atoms with Gasteiger partial charge in [0.05, 0.1) is 5.52 Å². The van der Waals surface area contributed by atoms with Crippen LogP contribution >= 0.6 is 0 Å². The van der Waals surface area contributed by atoms with E-state index in [0.29, 0.717) is 21.9 Å². The monoisotopic (exact) mass is 223 g/mol. The molecule has 0 aliphatic carbocycles. The second-order valence-corrected chi connectivity index (χ2v) is 3.48. The lowest BCUT2D eigenvalue weighted by atomic mass is 10.1. The summed E-state index contributed by atoms with van der Waals surface area (Å²) in [7, 11) is 0. The number of phenolic OH excluding ortho intramolecular Hbond substituents is 1.